The fourth-order valence-electron chi connectivity index (χ4n) is 6.58. The standard InChI is InChI=1S/C37H27N3/c1-37(2)30-16-10-9-15-28(30)29-21-22-31-33(34(29)37)35-32(40(31)27-13-7-4-8-14-27)23-38-36(39-35)26-19-17-25(18-20-26)24-11-5-3-6-12-24/h3-23H,1-2H3. The number of hydrogen-bond acceptors (Lipinski definition) is 2. The Labute approximate surface area is 233 Å². The minimum Gasteiger partial charge on any atom is -0.306 e. The molecule has 0 atom stereocenters. The first-order chi connectivity index (χ1) is 19.6. The lowest BCUT2D eigenvalue weighted by molar-refractivity contribution is 0.666. The number of rotatable bonds is 3. The van der Waals surface area contributed by atoms with Crippen LogP contribution in [0.3, 0.4) is 0 Å². The van der Waals surface area contributed by atoms with Crippen LogP contribution in [0.25, 0.3) is 61.3 Å². The van der Waals surface area contributed by atoms with Gasteiger partial charge in [0.15, 0.2) is 5.82 Å². The van der Waals surface area contributed by atoms with Crippen LogP contribution in [0, 0.1) is 0 Å². The summed E-state index contributed by atoms with van der Waals surface area (Å²) in [7, 11) is 0. The molecule has 0 unspecified atom stereocenters. The molecule has 2 heterocycles. The van der Waals surface area contributed by atoms with Crippen molar-refractivity contribution in [3.8, 4) is 39.3 Å². The van der Waals surface area contributed by atoms with Crippen LogP contribution in [0.1, 0.15) is 25.0 Å². The van der Waals surface area contributed by atoms with E-state index in [-0.39, 0.29) is 5.41 Å². The molecule has 0 N–H and O–H groups in total. The molecule has 40 heavy (non-hydrogen) atoms. The Bertz CT molecular complexity index is 2050. The van der Waals surface area contributed by atoms with Crippen LogP contribution >= 0.6 is 0 Å². The quantitative estimate of drug-likeness (QED) is 0.236. The topological polar surface area (TPSA) is 30.7 Å². The number of benzene rings is 5. The van der Waals surface area contributed by atoms with E-state index in [4.69, 9.17) is 9.97 Å². The van der Waals surface area contributed by atoms with Crippen LogP contribution < -0.4 is 0 Å². The highest BCUT2D eigenvalue weighted by molar-refractivity contribution is 6.12. The second-order valence-corrected chi connectivity index (χ2v) is 11.1. The molecule has 1 aliphatic rings. The predicted octanol–water partition coefficient (Wildman–Crippen LogP) is 9.21. The second-order valence-electron chi connectivity index (χ2n) is 11.1. The van der Waals surface area contributed by atoms with Gasteiger partial charge < -0.3 is 4.57 Å². The molecule has 2 aromatic heterocycles. The van der Waals surface area contributed by atoms with Gasteiger partial charge in [0.25, 0.3) is 0 Å². The van der Waals surface area contributed by atoms with Crippen LogP contribution in [0.5, 0.6) is 0 Å². The van der Waals surface area contributed by atoms with Crippen LogP contribution in [-0.2, 0) is 5.41 Å². The monoisotopic (exact) mass is 513 g/mol. The Morgan fingerprint density at radius 2 is 1.23 bits per heavy atom. The highest BCUT2D eigenvalue weighted by Gasteiger charge is 2.38. The lowest BCUT2D eigenvalue weighted by Gasteiger charge is -2.22. The van der Waals surface area contributed by atoms with E-state index in [1.807, 2.05) is 12.3 Å². The highest BCUT2D eigenvalue weighted by Crippen LogP contribution is 2.53. The Kier molecular flexibility index (Phi) is 4.86. The third kappa shape index (κ3) is 3.24. The summed E-state index contributed by atoms with van der Waals surface area (Å²) in [5, 5.41) is 1.21. The SMILES string of the molecule is CC1(C)c2ccccc2-c2ccc3c(c21)c1nc(-c2ccc(-c4ccccc4)cc2)ncc1n3-c1ccccc1. The van der Waals surface area contributed by atoms with Gasteiger partial charge in [-0.25, -0.2) is 9.97 Å². The normalized spacial score (nSPS) is 13.4. The van der Waals surface area contributed by atoms with Crippen molar-refractivity contribution in [3.63, 3.8) is 0 Å². The minimum absolute atomic E-state index is 0.149. The predicted molar refractivity (Wildman–Crippen MR) is 165 cm³/mol. The third-order valence-electron chi connectivity index (χ3n) is 8.45. The molecular weight excluding hydrogens is 486 g/mol. The van der Waals surface area contributed by atoms with Gasteiger partial charge in [-0.1, -0.05) is 117 Å². The molecule has 7 aromatic rings. The second kappa shape index (κ2) is 8.49. The molecule has 5 aromatic carbocycles. The number of para-hydroxylation sites is 1. The van der Waals surface area contributed by atoms with Crippen molar-refractivity contribution in [2.45, 2.75) is 19.3 Å². The zero-order chi connectivity index (χ0) is 26.8. The number of hydrogen-bond donors (Lipinski definition) is 0. The molecule has 0 fully saturated rings. The van der Waals surface area contributed by atoms with Crippen molar-refractivity contribution in [3.05, 3.63) is 139 Å². The van der Waals surface area contributed by atoms with E-state index in [1.165, 1.54) is 38.8 Å². The first kappa shape index (κ1) is 22.9. The summed E-state index contributed by atoms with van der Waals surface area (Å²) in [6.45, 7) is 4.68. The molecule has 0 amide bonds. The number of fused-ring (bicyclic) bond motifs is 7. The van der Waals surface area contributed by atoms with Crippen LogP contribution in [0.2, 0.25) is 0 Å². The number of nitrogens with zero attached hydrogens (tertiary/aromatic N) is 3. The molecular formula is C37H27N3. The van der Waals surface area contributed by atoms with Gasteiger partial charge in [-0.2, -0.15) is 0 Å². The van der Waals surface area contributed by atoms with Gasteiger partial charge in [0.2, 0.25) is 0 Å². The minimum atomic E-state index is -0.149. The summed E-state index contributed by atoms with van der Waals surface area (Å²) in [4.78, 5) is 10.2. The van der Waals surface area contributed by atoms with E-state index in [0.29, 0.717) is 0 Å². The fraction of sp³-hybridized carbons (Fsp3) is 0.0811. The lowest BCUT2D eigenvalue weighted by atomic mass is 9.81. The average molecular weight is 514 g/mol. The Balaban J connectivity index is 1.40. The van der Waals surface area contributed by atoms with Crippen molar-refractivity contribution in [1.82, 2.24) is 14.5 Å². The van der Waals surface area contributed by atoms with Gasteiger partial charge in [-0.15, -0.1) is 0 Å². The maximum Gasteiger partial charge on any atom is 0.159 e. The van der Waals surface area contributed by atoms with Gasteiger partial charge in [0, 0.05) is 22.1 Å². The zero-order valence-electron chi connectivity index (χ0n) is 22.5. The van der Waals surface area contributed by atoms with Gasteiger partial charge in [0.1, 0.15) is 5.52 Å². The van der Waals surface area contributed by atoms with E-state index < -0.39 is 0 Å². The van der Waals surface area contributed by atoms with Crippen molar-refractivity contribution in [2.24, 2.45) is 0 Å². The molecule has 3 heteroatoms. The fourth-order valence-corrected chi connectivity index (χ4v) is 6.58. The first-order valence-corrected chi connectivity index (χ1v) is 13.8. The summed E-state index contributed by atoms with van der Waals surface area (Å²) in [6, 6.07) is 42.9. The Hall–Kier alpha value is -5.02. The summed E-state index contributed by atoms with van der Waals surface area (Å²) >= 11 is 0. The van der Waals surface area contributed by atoms with Crippen molar-refractivity contribution in [1.29, 1.82) is 0 Å². The third-order valence-corrected chi connectivity index (χ3v) is 8.45. The molecule has 1 aliphatic carbocycles. The summed E-state index contributed by atoms with van der Waals surface area (Å²) in [6.07, 6.45) is 2.00. The first-order valence-electron chi connectivity index (χ1n) is 13.8. The van der Waals surface area contributed by atoms with E-state index in [9.17, 15) is 0 Å². The molecule has 0 saturated heterocycles. The van der Waals surface area contributed by atoms with Crippen molar-refractivity contribution < 1.29 is 0 Å². The molecule has 0 bridgehead atoms. The molecule has 190 valence electrons. The van der Waals surface area contributed by atoms with Gasteiger partial charge in [-0.3, -0.25) is 0 Å². The molecule has 0 radical (unpaired) electrons. The summed E-state index contributed by atoms with van der Waals surface area (Å²) < 4.78 is 2.31. The van der Waals surface area contributed by atoms with Gasteiger partial charge in [-0.05, 0) is 51.6 Å². The van der Waals surface area contributed by atoms with Crippen LogP contribution in [-0.4, -0.2) is 14.5 Å². The maximum absolute atomic E-state index is 5.30. The van der Waals surface area contributed by atoms with E-state index in [2.05, 4.69) is 134 Å². The Morgan fingerprint density at radius 1 is 0.575 bits per heavy atom. The van der Waals surface area contributed by atoms with Gasteiger partial charge >= 0.3 is 0 Å². The van der Waals surface area contributed by atoms with Crippen LogP contribution in [0.4, 0.5) is 0 Å². The molecule has 0 spiro atoms. The molecule has 0 aliphatic heterocycles. The van der Waals surface area contributed by atoms with E-state index >= 15 is 0 Å². The van der Waals surface area contributed by atoms with E-state index in [0.717, 1.165) is 33.6 Å². The molecule has 0 saturated carbocycles. The van der Waals surface area contributed by atoms with Crippen molar-refractivity contribution in [2.75, 3.05) is 0 Å². The largest absolute Gasteiger partial charge is 0.306 e. The summed E-state index contributed by atoms with van der Waals surface area (Å²) in [5.41, 5.74) is 12.9. The van der Waals surface area contributed by atoms with E-state index in [1.54, 1.807) is 0 Å². The maximum atomic E-state index is 5.30. The number of aromatic nitrogens is 3. The molecule has 8 rings (SSSR count). The highest BCUT2D eigenvalue weighted by atomic mass is 15.0. The molecule has 3 nitrogen and oxygen atoms in total. The lowest BCUT2D eigenvalue weighted by Crippen LogP contribution is -2.15. The van der Waals surface area contributed by atoms with Crippen molar-refractivity contribution >= 4 is 21.9 Å². The summed E-state index contributed by atoms with van der Waals surface area (Å²) in [5.74, 6) is 0.741. The average Bonchev–Trinajstić information content (AvgIpc) is 3.46. The Morgan fingerprint density at radius 3 is 2.00 bits per heavy atom. The smallest absolute Gasteiger partial charge is 0.159 e. The van der Waals surface area contributed by atoms with Gasteiger partial charge in [0.05, 0.1) is 17.2 Å². The zero-order valence-corrected chi connectivity index (χ0v) is 22.5. The van der Waals surface area contributed by atoms with Crippen LogP contribution in [0.15, 0.2) is 128 Å².